The third-order valence-electron chi connectivity index (χ3n) is 4.16. The summed E-state index contributed by atoms with van der Waals surface area (Å²) in [4.78, 5) is 14.5. The first kappa shape index (κ1) is 17.0. The van der Waals surface area contributed by atoms with Crippen LogP contribution < -0.4 is 5.32 Å². The van der Waals surface area contributed by atoms with Gasteiger partial charge in [-0.05, 0) is 52.3 Å². The van der Waals surface area contributed by atoms with Crippen LogP contribution in [0.15, 0.2) is 24.3 Å². The second kappa shape index (κ2) is 7.25. The minimum atomic E-state index is -0.666. The Kier molecular flexibility index (Phi) is 5.59. The Morgan fingerprint density at radius 1 is 1.27 bits per heavy atom. The average Bonchev–Trinajstić information content (AvgIpc) is 2.45. The van der Waals surface area contributed by atoms with Crippen molar-refractivity contribution in [2.24, 2.45) is 5.92 Å². The highest BCUT2D eigenvalue weighted by Crippen LogP contribution is 2.19. The predicted molar refractivity (Wildman–Crippen MR) is 88.5 cm³/mol. The molecule has 0 spiro atoms. The summed E-state index contributed by atoms with van der Waals surface area (Å²) in [5.41, 5.74) is 1.70. The number of nitrogens with zero attached hydrogens (tertiary/aromatic N) is 1. The summed E-state index contributed by atoms with van der Waals surface area (Å²) in [6.07, 6.45) is 1.74. The lowest BCUT2D eigenvalue weighted by Crippen LogP contribution is -2.45. The Bertz CT molecular complexity index is 483. The van der Waals surface area contributed by atoms with Crippen LogP contribution in [0.3, 0.4) is 0 Å². The largest absolute Gasteiger partial charge is 0.389 e. The van der Waals surface area contributed by atoms with E-state index in [1.54, 1.807) is 0 Å². The predicted octanol–water partition coefficient (Wildman–Crippen LogP) is 2.09. The summed E-state index contributed by atoms with van der Waals surface area (Å²) in [5.74, 6) is 0.256. The average molecular weight is 304 g/mol. The minimum absolute atomic E-state index is 0.100. The van der Waals surface area contributed by atoms with Gasteiger partial charge in [-0.1, -0.05) is 29.8 Å². The van der Waals surface area contributed by atoms with Crippen LogP contribution in [0.1, 0.15) is 37.8 Å². The highest BCUT2D eigenvalue weighted by molar-refractivity contribution is 5.78. The number of hydrogen-bond donors (Lipinski definition) is 2. The zero-order valence-electron chi connectivity index (χ0n) is 13.9. The Balaban J connectivity index is 1.74. The van der Waals surface area contributed by atoms with Gasteiger partial charge in [0.25, 0.3) is 0 Å². The van der Waals surface area contributed by atoms with Crippen molar-refractivity contribution < 1.29 is 9.90 Å². The van der Waals surface area contributed by atoms with E-state index >= 15 is 0 Å². The molecule has 0 aromatic heterocycles. The maximum Gasteiger partial charge on any atom is 0.223 e. The Morgan fingerprint density at radius 3 is 2.41 bits per heavy atom. The van der Waals surface area contributed by atoms with Crippen molar-refractivity contribution in [3.05, 3.63) is 35.4 Å². The molecular formula is C18H28N2O2. The number of aliphatic hydroxyl groups is 1. The number of amides is 1. The van der Waals surface area contributed by atoms with Crippen LogP contribution in [0.5, 0.6) is 0 Å². The summed E-state index contributed by atoms with van der Waals surface area (Å²) in [6.45, 7) is 8.75. The fourth-order valence-electron chi connectivity index (χ4n) is 2.94. The summed E-state index contributed by atoms with van der Waals surface area (Å²) in [6, 6.07) is 8.25. The molecule has 1 aliphatic rings. The van der Waals surface area contributed by atoms with Gasteiger partial charge < -0.3 is 15.3 Å². The number of nitrogens with one attached hydrogen (secondary N) is 1. The number of β-amino-alcohol motifs (C(OH)–C–C–N with tert-alkyl or cyclic N) is 1. The summed E-state index contributed by atoms with van der Waals surface area (Å²) in [5, 5.41) is 12.9. The molecule has 0 aliphatic carbocycles. The van der Waals surface area contributed by atoms with Gasteiger partial charge in [0, 0.05) is 19.0 Å². The Labute approximate surface area is 133 Å². The molecule has 0 bridgehead atoms. The van der Waals surface area contributed by atoms with Crippen molar-refractivity contribution in [2.75, 3.05) is 19.6 Å². The molecule has 0 saturated carbocycles. The molecule has 2 N–H and O–H groups in total. The van der Waals surface area contributed by atoms with Gasteiger partial charge in [-0.2, -0.15) is 0 Å². The summed E-state index contributed by atoms with van der Waals surface area (Å²) >= 11 is 0. The van der Waals surface area contributed by atoms with Crippen LogP contribution in [0, 0.1) is 12.8 Å². The van der Waals surface area contributed by atoms with Crippen LogP contribution in [0.25, 0.3) is 0 Å². The quantitative estimate of drug-likeness (QED) is 0.876. The van der Waals surface area contributed by atoms with E-state index in [4.69, 9.17) is 0 Å². The molecule has 1 heterocycles. The lowest BCUT2D eigenvalue weighted by atomic mass is 9.94. The number of hydrogen-bond acceptors (Lipinski definition) is 3. The lowest BCUT2D eigenvalue weighted by molar-refractivity contribution is -0.126. The number of aryl methyl sites for hydroxylation is 1. The van der Waals surface area contributed by atoms with Crippen molar-refractivity contribution in [3.63, 3.8) is 0 Å². The third kappa shape index (κ3) is 5.43. The van der Waals surface area contributed by atoms with E-state index in [1.165, 1.54) is 5.56 Å². The summed E-state index contributed by atoms with van der Waals surface area (Å²) < 4.78 is 0. The van der Waals surface area contributed by atoms with E-state index in [9.17, 15) is 9.90 Å². The van der Waals surface area contributed by atoms with Gasteiger partial charge in [0.15, 0.2) is 0 Å². The van der Waals surface area contributed by atoms with E-state index in [1.807, 2.05) is 13.8 Å². The fourth-order valence-corrected chi connectivity index (χ4v) is 2.94. The zero-order chi connectivity index (χ0) is 16.2. The third-order valence-corrected chi connectivity index (χ3v) is 4.16. The van der Waals surface area contributed by atoms with Gasteiger partial charge >= 0.3 is 0 Å². The van der Waals surface area contributed by atoms with E-state index in [0.29, 0.717) is 13.1 Å². The van der Waals surface area contributed by atoms with Crippen LogP contribution in [-0.2, 0) is 11.3 Å². The first-order valence-electron chi connectivity index (χ1n) is 8.11. The number of piperidine rings is 1. The van der Waals surface area contributed by atoms with Gasteiger partial charge in [-0.3, -0.25) is 4.79 Å². The first-order valence-corrected chi connectivity index (χ1v) is 8.11. The maximum absolute atomic E-state index is 12.3. The van der Waals surface area contributed by atoms with Crippen molar-refractivity contribution in [2.45, 2.75) is 45.8 Å². The molecule has 0 atom stereocenters. The van der Waals surface area contributed by atoms with Gasteiger partial charge in [-0.15, -0.1) is 0 Å². The maximum atomic E-state index is 12.3. The standard InChI is InChI=1S/C18H28N2O2/c1-14-4-6-15(7-5-14)12-19-17(21)16-8-10-20(11-9-16)13-18(2,3)22/h4-7,16,22H,8-13H2,1-3H3,(H,19,21). The smallest absolute Gasteiger partial charge is 0.223 e. The summed E-state index contributed by atoms with van der Waals surface area (Å²) in [7, 11) is 0. The van der Waals surface area contributed by atoms with Crippen molar-refractivity contribution >= 4 is 5.91 Å². The van der Waals surface area contributed by atoms with Crippen LogP contribution in [0.4, 0.5) is 0 Å². The normalized spacial score (nSPS) is 17.5. The van der Waals surface area contributed by atoms with Crippen LogP contribution in [0.2, 0.25) is 0 Å². The van der Waals surface area contributed by atoms with E-state index < -0.39 is 5.60 Å². The molecule has 2 rings (SSSR count). The molecule has 1 amide bonds. The molecule has 1 fully saturated rings. The second-order valence-electron chi connectivity index (χ2n) is 7.07. The van der Waals surface area contributed by atoms with Crippen LogP contribution >= 0.6 is 0 Å². The molecule has 122 valence electrons. The number of carbonyl (C=O) groups excluding carboxylic acids is 1. The number of rotatable bonds is 5. The number of likely N-dealkylation sites (tertiary alicyclic amines) is 1. The molecule has 4 heteroatoms. The lowest BCUT2D eigenvalue weighted by Gasteiger charge is -2.34. The molecule has 1 aromatic rings. The van der Waals surface area contributed by atoms with E-state index in [0.717, 1.165) is 31.5 Å². The van der Waals surface area contributed by atoms with Crippen molar-refractivity contribution in [3.8, 4) is 0 Å². The fraction of sp³-hybridized carbons (Fsp3) is 0.611. The Morgan fingerprint density at radius 2 is 1.86 bits per heavy atom. The number of carbonyl (C=O) groups is 1. The topological polar surface area (TPSA) is 52.6 Å². The SMILES string of the molecule is Cc1ccc(CNC(=O)C2CCN(CC(C)(C)O)CC2)cc1. The molecule has 4 nitrogen and oxygen atoms in total. The molecule has 0 unspecified atom stereocenters. The number of benzene rings is 1. The van der Waals surface area contributed by atoms with Gasteiger partial charge in [-0.25, -0.2) is 0 Å². The Hall–Kier alpha value is -1.39. The monoisotopic (exact) mass is 304 g/mol. The van der Waals surface area contributed by atoms with Gasteiger partial charge in [0.2, 0.25) is 5.91 Å². The molecule has 1 saturated heterocycles. The molecule has 0 radical (unpaired) electrons. The van der Waals surface area contributed by atoms with Crippen molar-refractivity contribution in [1.29, 1.82) is 0 Å². The second-order valence-corrected chi connectivity index (χ2v) is 7.07. The van der Waals surface area contributed by atoms with Crippen molar-refractivity contribution in [1.82, 2.24) is 10.2 Å². The van der Waals surface area contributed by atoms with E-state index in [2.05, 4.69) is 41.4 Å². The van der Waals surface area contributed by atoms with Crippen LogP contribution in [-0.4, -0.2) is 41.1 Å². The molecule has 1 aliphatic heterocycles. The molecule has 1 aromatic carbocycles. The molecular weight excluding hydrogens is 276 g/mol. The highest BCUT2D eigenvalue weighted by atomic mass is 16.3. The van der Waals surface area contributed by atoms with Gasteiger partial charge in [0.1, 0.15) is 0 Å². The van der Waals surface area contributed by atoms with Gasteiger partial charge in [0.05, 0.1) is 5.60 Å². The first-order chi connectivity index (χ1) is 10.3. The zero-order valence-corrected chi connectivity index (χ0v) is 13.9. The minimum Gasteiger partial charge on any atom is -0.389 e. The van der Waals surface area contributed by atoms with E-state index in [-0.39, 0.29) is 11.8 Å². The highest BCUT2D eigenvalue weighted by Gasteiger charge is 2.27. The molecule has 22 heavy (non-hydrogen) atoms.